The first-order valence-corrected chi connectivity index (χ1v) is 23.7. The van der Waals surface area contributed by atoms with Gasteiger partial charge in [0, 0.05) is 33.0 Å². The fraction of sp³-hybridized carbons (Fsp3) is 0.188. The SMILES string of the molecule is CC(C)(C)c1ccc(-c2ccc3c(c2)C(C)(C)c2ccc(C4=CC=CCC4N(c4ccc(-c5cccc6oc7ccccc7c56)cc4)c4cccc5c4C(C)(C)c4ccccc4-5)cc2-3)cc1. The molecule has 12 rings (SSSR count). The van der Waals surface area contributed by atoms with Crippen LogP contribution in [-0.2, 0) is 16.2 Å². The molecule has 0 amide bonds. The Balaban J connectivity index is 0.979. The maximum atomic E-state index is 6.33. The normalized spacial score (nSPS) is 16.5. The van der Waals surface area contributed by atoms with Crippen molar-refractivity contribution in [2.45, 2.75) is 77.2 Å². The summed E-state index contributed by atoms with van der Waals surface area (Å²) in [4.78, 5) is 2.65. The van der Waals surface area contributed by atoms with E-state index < -0.39 is 0 Å². The number of hydrogen-bond donors (Lipinski definition) is 0. The Morgan fingerprint density at radius 3 is 1.98 bits per heavy atom. The molecule has 2 nitrogen and oxygen atoms in total. The quantitative estimate of drug-likeness (QED) is 0.166. The second-order valence-electron chi connectivity index (χ2n) is 20.8. The lowest BCUT2D eigenvalue weighted by atomic mass is 9.80. The standard InChI is InChI=1S/C64H55NO/c1-62(2,3)44-32-26-40(27-33-44)42-30-36-49-52-38-43(31-37-54(52)63(4,5)55(49)39-42)46-16-9-12-22-56(46)65(57-23-14-20-50-48-17-8-11-21-53(48)64(6,7)61(50)57)45-34-28-41(29-35-45)47-19-15-25-59-60(47)51-18-10-13-24-58(51)66-59/h8-21,23-39,56H,22H2,1-7H3. The summed E-state index contributed by atoms with van der Waals surface area (Å²) < 4.78 is 6.33. The van der Waals surface area contributed by atoms with Gasteiger partial charge in [-0.25, -0.2) is 0 Å². The van der Waals surface area contributed by atoms with Gasteiger partial charge in [-0.1, -0.05) is 194 Å². The Morgan fingerprint density at radius 2 is 1.17 bits per heavy atom. The molecule has 0 radical (unpaired) electrons. The first-order valence-electron chi connectivity index (χ1n) is 23.7. The van der Waals surface area contributed by atoms with Crippen molar-refractivity contribution in [3.05, 3.63) is 221 Å². The highest BCUT2D eigenvalue weighted by molar-refractivity contribution is 6.12. The summed E-state index contributed by atoms with van der Waals surface area (Å²) >= 11 is 0. The maximum absolute atomic E-state index is 6.33. The highest BCUT2D eigenvalue weighted by Gasteiger charge is 2.41. The van der Waals surface area contributed by atoms with E-state index in [9.17, 15) is 0 Å². The molecule has 2 heteroatoms. The van der Waals surface area contributed by atoms with E-state index >= 15 is 0 Å². The molecule has 3 aliphatic rings. The van der Waals surface area contributed by atoms with Gasteiger partial charge in [0.25, 0.3) is 0 Å². The van der Waals surface area contributed by atoms with E-state index in [-0.39, 0.29) is 22.3 Å². The monoisotopic (exact) mass is 853 g/mol. The average molecular weight is 854 g/mol. The second kappa shape index (κ2) is 14.7. The number of allylic oxidation sites excluding steroid dienone is 2. The van der Waals surface area contributed by atoms with E-state index in [4.69, 9.17) is 4.42 Å². The summed E-state index contributed by atoms with van der Waals surface area (Å²) in [6.07, 6.45) is 7.86. The predicted molar refractivity (Wildman–Crippen MR) is 279 cm³/mol. The molecule has 66 heavy (non-hydrogen) atoms. The number of benzene rings is 8. The highest BCUT2D eigenvalue weighted by Crippen LogP contribution is 2.55. The minimum atomic E-state index is -0.191. The van der Waals surface area contributed by atoms with Crippen LogP contribution < -0.4 is 4.90 Å². The van der Waals surface area contributed by atoms with Gasteiger partial charge >= 0.3 is 0 Å². The molecule has 9 aromatic rings. The molecule has 0 N–H and O–H groups in total. The molecule has 0 saturated heterocycles. The van der Waals surface area contributed by atoms with Crippen LogP contribution in [0.5, 0.6) is 0 Å². The number of para-hydroxylation sites is 1. The largest absolute Gasteiger partial charge is 0.456 e. The van der Waals surface area contributed by atoms with Gasteiger partial charge in [-0.3, -0.25) is 0 Å². The number of rotatable bonds is 6. The molecule has 322 valence electrons. The van der Waals surface area contributed by atoms with Gasteiger partial charge in [-0.2, -0.15) is 0 Å². The van der Waals surface area contributed by atoms with Gasteiger partial charge in [0.15, 0.2) is 0 Å². The van der Waals surface area contributed by atoms with Crippen molar-refractivity contribution in [1.82, 2.24) is 0 Å². The molecule has 8 aromatic carbocycles. The van der Waals surface area contributed by atoms with E-state index in [1.165, 1.54) is 94.8 Å². The van der Waals surface area contributed by atoms with Gasteiger partial charge in [-0.05, 0) is 138 Å². The molecular weight excluding hydrogens is 799 g/mol. The summed E-state index contributed by atoms with van der Waals surface area (Å²) in [5.74, 6) is 0. The summed E-state index contributed by atoms with van der Waals surface area (Å²) in [5, 5.41) is 2.30. The fourth-order valence-electron chi connectivity index (χ4n) is 11.7. The molecule has 1 unspecified atom stereocenters. The minimum Gasteiger partial charge on any atom is -0.456 e. The minimum absolute atomic E-state index is 0.0403. The zero-order valence-electron chi connectivity index (χ0n) is 39.0. The van der Waals surface area contributed by atoms with E-state index in [0.29, 0.717) is 0 Å². The lowest BCUT2D eigenvalue weighted by Crippen LogP contribution is -2.35. The Morgan fingerprint density at radius 1 is 0.515 bits per heavy atom. The van der Waals surface area contributed by atoms with Crippen LogP contribution >= 0.6 is 0 Å². The van der Waals surface area contributed by atoms with Gasteiger partial charge in [-0.15, -0.1) is 0 Å². The highest BCUT2D eigenvalue weighted by atomic mass is 16.3. The Labute approximate surface area is 389 Å². The van der Waals surface area contributed by atoms with E-state index in [0.717, 1.165) is 28.4 Å². The topological polar surface area (TPSA) is 16.4 Å². The Bertz CT molecular complexity index is 3470. The van der Waals surface area contributed by atoms with Crippen molar-refractivity contribution < 1.29 is 4.42 Å². The Kier molecular flexibility index (Phi) is 8.97. The third kappa shape index (κ3) is 6.14. The number of fused-ring (bicyclic) bond motifs is 9. The second-order valence-corrected chi connectivity index (χ2v) is 20.8. The molecule has 0 spiro atoms. The molecular formula is C64H55NO. The van der Waals surface area contributed by atoms with Crippen LogP contribution in [-0.4, -0.2) is 6.04 Å². The smallest absolute Gasteiger partial charge is 0.136 e. The van der Waals surface area contributed by atoms with Crippen LogP contribution in [0, 0.1) is 0 Å². The molecule has 1 aromatic heterocycles. The average Bonchev–Trinajstić information content (AvgIpc) is 3.91. The van der Waals surface area contributed by atoms with Crippen molar-refractivity contribution in [1.29, 1.82) is 0 Å². The van der Waals surface area contributed by atoms with E-state index in [1.54, 1.807) is 0 Å². The molecule has 0 bridgehead atoms. The van der Waals surface area contributed by atoms with Crippen molar-refractivity contribution in [3.8, 4) is 44.5 Å². The summed E-state index contributed by atoms with van der Waals surface area (Å²) in [6.45, 7) is 16.4. The van der Waals surface area contributed by atoms with Crippen LogP contribution in [0.25, 0.3) is 72.0 Å². The van der Waals surface area contributed by atoms with E-state index in [2.05, 4.69) is 235 Å². The fourth-order valence-corrected chi connectivity index (χ4v) is 11.7. The number of hydrogen-bond acceptors (Lipinski definition) is 2. The number of furan rings is 1. The van der Waals surface area contributed by atoms with Crippen molar-refractivity contribution >= 4 is 38.9 Å². The zero-order chi connectivity index (χ0) is 45.1. The van der Waals surface area contributed by atoms with Gasteiger partial charge in [0.2, 0.25) is 0 Å². The molecule has 0 fully saturated rings. The molecule has 1 atom stereocenters. The van der Waals surface area contributed by atoms with Crippen LogP contribution in [0.4, 0.5) is 11.4 Å². The lowest BCUT2D eigenvalue weighted by molar-refractivity contribution is 0.590. The zero-order valence-corrected chi connectivity index (χ0v) is 39.0. The number of nitrogens with zero attached hydrogens (tertiary/aromatic N) is 1. The van der Waals surface area contributed by atoms with Crippen LogP contribution in [0.3, 0.4) is 0 Å². The van der Waals surface area contributed by atoms with Crippen molar-refractivity contribution in [2.75, 3.05) is 4.90 Å². The Hall–Kier alpha value is -7.16. The molecule has 1 heterocycles. The summed E-state index contributed by atoms with van der Waals surface area (Å²) in [5.41, 5.74) is 23.8. The maximum Gasteiger partial charge on any atom is 0.136 e. The predicted octanol–water partition coefficient (Wildman–Crippen LogP) is 17.4. The van der Waals surface area contributed by atoms with Crippen molar-refractivity contribution in [2.24, 2.45) is 0 Å². The van der Waals surface area contributed by atoms with Crippen molar-refractivity contribution in [3.63, 3.8) is 0 Å². The van der Waals surface area contributed by atoms with Gasteiger partial charge in [0.1, 0.15) is 11.2 Å². The van der Waals surface area contributed by atoms with Crippen LogP contribution in [0.1, 0.15) is 88.3 Å². The van der Waals surface area contributed by atoms with Gasteiger partial charge < -0.3 is 9.32 Å². The van der Waals surface area contributed by atoms with E-state index in [1.807, 2.05) is 6.07 Å². The van der Waals surface area contributed by atoms with Crippen LogP contribution in [0.15, 0.2) is 193 Å². The molecule has 3 aliphatic carbocycles. The first kappa shape index (κ1) is 40.4. The summed E-state index contributed by atoms with van der Waals surface area (Å²) in [7, 11) is 0. The number of anilines is 2. The lowest BCUT2D eigenvalue weighted by Gasteiger charge is -2.39. The van der Waals surface area contributed by atoms with Crippen LogP contribution in [0.2, 0.25) is 0 Å². The van der Waals surface area contributed by atoms with Gasteiger partial charge in [0.05, 0.1) is 6.04 Å². The summed E-state index contributed by atoms with van der Waals surface area (Å²) in [6, 6.07) is 63.7. The third-order valence-electron chi connectivity index (χ3n) is 15.2. The third-order valence-corrected chi connectivity index (χ3v) is 15.2. The molecule has 0 saturated carbocycles. The molecule has 0 aliphatic heterocycles. The first-order chi connectivity index (χ1) is 31.9.